The van der Waals surface area contributed by atoms with Crippen molar-refractivity contribution >= 4 is 46.0 Å². The second-order valence-electron chi connectivity index (χ2n) is 11.2. The quantitative estimate of drug-likeness (QED) is 0.213. The minimum absolute atomic E-state index is 0.0268. The lowest BCUT2D eigenvalue weighted by atomic mass is 9.70. The Balaban J connectivity index is 1.39. The standard InChI is InChI=1S/C29H28N6O4S/c1-28(2)19-11-12-29(28,3)24(15-19)31-33-27-34(20-7-9-22(36)10-8-20)26(37)23(40-27)14-18-16-30-32-25(18)17-5-4-6-21(13-17)35(38)39/h4-10,13-14,16,19,36H,11-12,15H2,1-3H3,(H,30,32). The number of rotatable bonds is 5. The van der Waals surface area contributed by atoms with Gasteiger partial charge >= 0.3 is 0 Å². The zero-order valence-corrected chi connectivity index (χ0v) is 23.1. The van der Waals surface area contributed by atoms with E-state index < -0.39 is 4.92 Å². The summed E-state index contributed by atoms with van der Waals surface area (Å²) in [5.74, 6) is 0.376. The minimum atomic E-state index is -0.453. The molecule has 40 heavy (non-hydrogen) atoms. The number of nitro groups is 1. The van der Waals surface area contributed by atoms with Crippen molar-refractivity contribution in [2.45, 2.75) is 40.0 Å². The number of hydrogen-bond acceptors (Lipinski definition) is 8. The largest absolute Gasteiger partial charge is 0.508 e. The van der Waals surface area contributed by atoms with Crippen LogP contribution in [0.3, 0.4) is 0 Å². The van der Waals surface area contributed by atoms with E-state index in [1.807, 2.05) is 0 Å². The van der Waals surface area contributed by atoms with Crippen LogP contribution >= 0.6 is 11.8 Å². The summed E-state index contributed by atoms with van der Waals surface area (Å²) in [6.45, 7) is 6.88. The first kappa shape index (κ1) is 26.0. The molecule has 0 radical (unpaired) electrons. The molecule has 2 aromatic carbocycles. The van der Waals surface area contributed by atoms with Crippen molar-refractivity contribution in [2.24, 2.45) is 27.0 Å². The number of amidine groups is 1. The van der Waals surface area contributed by atoms with E-state index in [-0.39, 0.29) is 28.2 Å². The predicted molar refractivity (Wildman–Crippen MR) is 156 cm³/mol. The van der Waals surface area contributed by atoms with Crippen molar-refractivity contribution < 1.29 is 14.8 Å². The van der Waals surface area contributed by atoms with Crippen LogP contribution in [0.2, 0.25) is 0 Å². The van der Waals surface area contributed by atoms with Crippen molar-refractivity contribution in [3.8, 4) is 17.0 Å². The van der Waals surface area contributed by atoms with Crippen LogP contribution in [0.1, 0.15) is 45.6 Å². The van der Waals surface area contributed by atoms with Crippen LogP contribution in [0.4, 0.5) is 11.4 Å². The predicted octanol–water partition coefficient (Wildman–Crippen LogP) is 6.37. The molecule has 2 heterocycles. The molecule has 1 amide bonds. The van der Waals surface area contributed by atoms with Gasteiger partial charge in [-0.05, 0) is 72.7 Å². The SMILES string of the molecule is CC12CCC(CC1=NN=C1SC(=Cc3cn[nH]c3-c3cccc([N+](=O)[O-])c3)C(=O)N1c1ccc(O)cc1)C2(C)C. The van der Waals surface area contributed by atoms with Crippen molar-refractivity contribution in [1.29, 1.82) is 0 Å². The maximum absolute atomic E-state index is 13.7. The molecule has 1 aliphatic heterocycles. The number of amides is 1. The molecule has 2 N–H and O–H groups in total. The number of H-pyrrole nitrogens is 1. The summed E-state index contributed by atoms with van der Waals surface area (Å²) in [7, 11) is 0. The Kier molecular flexibility index (Phi) is 6.14. The molecule has 0 spiro atoms. The Morgan fingerprint density at radius 3 is 2.65 bits per heavy atom. The molecule has 2 unspecified atom stereocenters. The molecule has 204 valence electrons. The topological polar surface area (TPSA) is 137 Å². The smallest absolute Gasteiger partial charge is 0.271 e. The van der Waals surface area contributed by atoms with Gasteiger partial charge < -0.3 is 5.11 Å². The van der Waals surface area contributed by atoms with Gasteiger partial charge in [-0.2, -0.15) is 10.2 Å². The fraction of sp³-hybridized carbons (Fsp3) is 0.310. The Labute approximate surface area is 235 Å². The van der Waals surface area contributed by atoms with E-state index in [0.29, 0.717) is 38.5 Å². The van der Waals surface area contributed by atoms with Crippen LogP contribution in [-0.4, -0.2) is 37.0 Å². The lowest BCUT2D eigenvalue weighted by Crippen LogP contribution is -2.32. The monoisotopic (exact) mass is 556 g/mol. The van der Waals surface area contributed by atoms with Crippen LogP contribution in [0.25, 0.3) is 17.3 Å². The molecular weight excluding hydrogens is 528 g/mol. The highest BCUT2D eigenvalue weighted by Gasteiger charge is 2.60. The van der Waals surface area contributed by atoms with E-state index in [2.05, 4.69) is 36.1 Å². The summed E-state index contributed by atoms with van der Waals surface area (Å²) < 4.78 is 0. The van der Waals surface area contributed by atoms with Crippen molar-refractivity contribution in [2.75, 3.05) is 4.90 Å². The zero-order valence-electron chi connectivity index (χ0n) is 22.3. The van der Waals surface area contributed by atoms with Crippen molar-refractivity contribution in [3.63, 3.8) is 0 Å². The highest BCUT2D eigenvalue weighted by molar-refractivity contribution is 8.19. The van der Waals surface area contributed by atoms with Crippen molar-refractivity contribution in [1.82, 2.24) is 10.2 Å². The van der Waals surface area contributed by atoms with Crippen LogP contribution in [0.15, 0.2) is 69.8 Å². The van der Waals surface area contributed by atoms with Crippen LogP contribution < -0.4 is 4.90 Å². The number of nitrogens with one attached hydrogen (secondary N) is 1. The number of phenolic OH excluding ortho intramolecular Hbond substituents is 1. The lowest BCUT2D eigenvalue weighted by molar-refractivity contribution is -0.384. The molecule has 3 aromatic rings. The number of nitrogens with zero attached hydrogens (tertiary/aromatic N) is 5. The molecule has 2 bridgehead atoms. The first-order chi connectivity index (χ1) is 19.1. The number of thioether (sulfide) groups is 1. The highest BCUT2D eigenvalue weighted by Crippen LogP contribution is 2.64. The zero-order chi connectivity index (χ0) is 28.2. The highest BCUT2D eigenvalue weighted by atomic mass is 32.2. The number of hydrogen-bond donors (Lipinski definition) is 2. The number of benzene rings is 2. The Morgan fingerprint density at radius 1 is 1.20 bits per heavy atom. The Bertz CT molecular complexity index is 1620. The van der Waals surface area contributed by atoms with Gasteiger partial charge in [-0.25, -0.2) is 0 Å². The molecule has 2 saturated carbocycles. The van der Waals surface area contributed by atoms with Gasteiger partial charge in [0, 0.05) is 34.4 Å². The van der Waals surface area contributed by atoms with Crippen LogP contribution in [0, 0.1) is 26.9 Å². The Morgan fingerprint density at radius 2 is 1.98 bits per heavy atom. The van der Waals surface area contributed by atoms with Crippen molar-refractivity contribution in [3.05, 3.63) is 75.3 Å². The molecule has 2 aliphatic carbocycles. The second kappa shape index (κ2) is 9.44. The molecule has 3 fully saturated rings. The summed E-state index contributed by atoms with van der Waals surface area (Å²) in [5, 5.41) is 37.9. The number of carbonyl (C=O) groups is 1. The van der Waals surface area contributed by atoms with Gasteiger partial charge in [0.2, 0.25) is 5.17 Å². The van der Waals surface area contributed by atoms with Gasteiger partial charge in [-0.3, -0.25) is 24.9 Å². The molecule has 1 aromatic heterocycles. The van der Waals surface area contributed by atoms with Gasteiger partial charge in [0.1, 0.15) is 5.75 Å². The first-order valence-electron chi connectivity index (χ1n) is 13.0. The maximum Gasteiger partial charge on any atom is 0.271 e. The summed E-state index contributed by atoms with van der Waals surface area (Å²) in [5.41, 5.74) is 3.46. The number of aromatic hydroxyl groups is 1. The maximum atomic E-state index is 13.7. The second-order valence-corrected chi connectivity index (χ2v) is 12.2. The average molecular weight is 557 g/mol. The molecule has 11 heteroatoms. The third kappa shape index (κ3) is 4.12. The summed E-state index contributed by atoms with van der Waals surface area (Å²) >= 11 is 1.21. The van der Waals surface area contributed by atoms with Gasteiger partial charge in [0.05, 0.1) is 27.4 Å². The summed E-state index contributed by atoms with van der Waals surface area (Å²) in [4.78, 5) is 26.5. The fourth-order valence-electron chi connectivity index (χ4n) is 6.11. The molecule has 10 nitrogen and oxygen atoms in total. The number of non-ortho nitro benzene ring substituents is 1. The van der Waals surface area contributed by atoms with E-state index >= 15 is 0 Å². The minimum Gasteiger partial charge on any atom is -0.508 e. The molecule has 6 rings (SSSR count). The van der Waals surface area contributed by atoms with E-state index in [4.69, 9.17) is 5.10 Å². The van der Waals surface area contributed by atoms with Gasteiger partial charge in [0.15, 0.2) is 0 Å². The van der Waals surface area contributed by atoms with E-state index in [9.17, 15) is 20.0 Å². The van der Waals surface area contributed by atoms with Gasteiger partial charge in [0.25, 0.3) is 11.6 Å². The van der Waals surface area contributed by atoms with E-state index in [0.717, 1.165) is 18.6 Å². The average Bonchev–Trinajstić information content (AvgIpc) is 3.62. The number of fused-ring (bicyclic) bond motifs is 2. The fourth-order valence-corrected chi connectivity index (χ4v) is 7.03. The van der Waals surface area contributed by atoms with E-state index in [1.54, 1.807) is 36.5 Å². The molecule has 1 saturated heterocycles. The third-order valence-corrected chi connectivity index (χ3v) is 9.94. The van der Waals surface area contributed by atoms with Gasteiger partial charge in [-0.1, -0.05) is 32.9 Å². The first-order valence-corrected chi connectivity index (χ1v) is 13.9. The molecule has 3 aliphatic rings. The molecular formula is C29H28N6O4S. The normalized spacial score (nSPS) is 26.5. The summed E-state index contributed by atoms with van der Waals surface area (Å²) in [6.07, 6.45) is 6.45. The number of anilines is 1. The number of carbonyl (C=O) groups excluding carboxylic acids is 1. The van der Waals surface area contributed by atoms with Crippen LogP contribution in [0.5, 0.6) is 5.75 Å². The number of nitro benzene ring substituents is 1. The summed E-state index contributed by atoms with van der Waals surface area (Å²) in [6, 6.07) is 12.6. The van der Waals surface area contributed by atoms with Gasteiger partial charge in [-0.15, -0.1) is 5.10 Å². The molecule has 2 atom stereocenters. The van der Waals surface area contributed by atoms with Crippen LogP contribution in [-0.2, 0) is 4.79 Å². The Hall–Kier alpha value is -4.25. The number of aromatic nitrogens is 2. The lowest BCUT2D eigenvalue weighted by Gasteiger charge is -2.34. The number of phenols is 1. The number of aromatic amines is 1. The third-order valence-electron chi connectivity index (χ3n) is 8.98. The van der Waals surface area contributed by atoms with E-state index in [1.165, 1.54) is 47.3 Å².